The van der Waals surface area contributed by atoms with E-state index in [0.717, 1.165) is 61.6 Å². The zero-order valence-electron chi connectivity index (χ0n) is 13.5. The summed E-state index contributed by atoms with van der Waals surface area (Å²) in [5.41, 5.74) is 9.44. The number of hydrogen-bond donors (Lipinski definition) is 2. The van der Waals surface area contributed by atoms with Crippen LogP contribution in [0.25, 0.3) is 16.6 Å². The van der Waals surface area contributed by atoms with Crippen LogP contribution in [0.2, 0.25) is 5.15 Å². The van der Waals surface area contributed by atoms with Crippen LogP contribution in [0.3, 0.4) is 0 Å². The summed E-state index contributed by atoms with van der Waals surface area (Å²) >= 11 is 5.96. The minimum atomic E-state index is 0.429. The molecule has 7 heteroatoms. The number of rotatable bonds is 6. The monoisotopic (exact) mass is 347 g/mol. The van der Waals surface area contributed by atoms with Gasteiger partial charge in [-0.25, -0.2) is 4.98 Å². The molecule has 0 unspecified atom stereocenters. The van der Waals surface area contributed by atoms with Crippen molar-refractivity contribution in [1.82, 2.24) is 20.2 Å². The second-order valence-electron chi connectivity index (χ2n) is 5.68. The molecule has 6 nitrogen and oxygen atoms in total. The number of morpholine rings is 1. The highest BCUT2D eigenvalue weighted by atomic mass is 35.5. The molecule has 24 heavy (non-hydrogen) atoms. The van der Waals surface area contributed by atoms with Crippen molar-refractivity contribution in [3.05, 3.63) is 41.3 Å². The quantitative estimate of drug-likeness (QED) is 0.609. The maximum absolute atomic E-state index is 5.96. The minimum Gasteiger partial charge on any atom is -0.389 e. The number of fused-ring (bicyclic) bond motifs is 1. The van der Waals surface area contributed by atoms with E-state index in [1.54, 1.807) is 6.07 Å². The van der Waals surface area contributed by atoms with Crippen LogP contribution in [-0.2, 0) is 4.74 Å². The first kappa shape index (κ1) is 17.1. The Labute approximate surface area is 146 Å². The molecule has 3 N–H and O–H groups in total. The van der Waals surface area contributed by atoms with Crippen LogP contribution in [0, 0.1) is 0 Å². The van der Waals surface area contributed by atoms with Gasteiger partial charge >= 0.3 is 0 Å². The molecule has 1 aliphatic rings. The van der Waals surface area contributed by atoms with Crippen molar-refractivity contribution >= 4 is 28.2 Å². The van der Waals surface area contributed by atoms with E-state index in [9.17, 15) is 0 Å². The smallest absolute Gasteiger partial charge is 0.129 e. The SMILES string of the molecule is NC/C(=C\NCCN1CCOCC1)c1cnc2ccc(Cl)nc2c1. The summed E-state index contributed by atoms with van der Waals surface area (Å²) in [6.45, 7) is 5.93. The Morgan fingerprint density at radius 1 is 1.33 bits per heavy atom. The van der Waals surface area contributed by atoms with Crippen molar-refractivity contribution in [3.8, 4) is 0 Å². The van der Waals surface area contributed by atoms with Gasteiger partial charge in [-0.05, 0) is 23.8 Å². The van der Waals surface area contributed by atoms with Gasteiger partial charge in [-0.15, -0.1) is 0 Å². The molecule has 0 atom stereocenters. The molecular weight excluding hydrogens is 326 g/mol. The van der Waals surface area contributed by atoms with Gasteiger partial charge in [0.1, 0.15) is 5.15 Å². The second-order valence-corrected chi connectivity index (χ2v) is 6.07. The highest BCUT2D eigenvalue weighted by Gasteiger charge is 2.09. The lowest BCUT2D eigenvalue weighted by Crippen LogP contribution is -2.39. The topological polar surface area (TPSA) is 76.3 Å². The van der Waals surface area contributed by atoms with Crippen molar-refractivity contribution in [3.63, 3.8) is 0 Å². The summed E-state index contributed by atoms with van der Waals surface area (Å²) in [5.74, 6) is 0. The first-order valence-corrected chi connectivity index (χ1v) is 8.49. The number of nitrogens with one attached hydrogen (secondary N) is 1. The van der Waals surface area contributed by atoms with Crippen molar-refractivity contribution in [2.45, 2.75) is 0 Å². The van der Waals surface area contributed by atoms with Crippen molar-refractivity contribution in [2.24, 2.45) is 5.73 Å². The molecule has 0 amide bonds. The van der Waals surface area contributed by atoms with E-state index in [-0.39, 0.29) is 0 Å². The molecule has 128 valence electrons. The highest BCUT2D eigenvalue weighted by Crippen LogP contribution is 2.18. The maximum atomic E-state index is 5.96. The van der Waals surface area contributed by atoms with Crippen LogP contribution < -0.4 is 11.1 Å². The molecule has 1 saturated heterocycles. The van der Waals surface area contributed by atoms with Crippen LogP contribution in [0.4, 0.5) is 0 Å². The van der Waals surface area contributed by atoms with Gasteiger partial charge in [0.25, 0.3) is 0 Å². The standard InChI is InChI=1S/C17H22ClN5O/c18-17-2-1-15-16(22-17)9-13(12-21-15)14(10-19)11-20-3-4-23-5-7-24-8-6-23/h1-2,9,11-12,20H,3-8,10,19H2/b14-11+. The fourth-order valence-corrected chi connectivity index (χ4v) is 2.81. The van der Waals surface area contributed by atoms with Gasteiger partial charge in [0.05, 0.1) is 24.2 Å². The molecule has 0 aromatic carbocycles. The Morgan fingerprint density at radius 3 is 2.96 bits per heavy atom. The van der Waals surface area contributed by atoms with E-state index < -0.39 is 0 Å². The summed E-state index contributed by atoms with van der Waals surface area (Å²) in [5, 5.41) is 3.80. The van der Waals surface area contributed by atoms with Gasteiger partial charge in [-0.2, -0.15) is 0 Å². The van der Waals surface area contributed by atoms with Gasteiger partial charge in [0.15, 0.2) is 0 Å². The number of nitrogens with zero attached hydrogens (tertiary/aromatic N) is 3. The number of aromatic nitrogens is 2. The van der Waals surface area contributed by atoms with E-state index in [0.29, 0.717) is 11.7 Å². The van der Waals surface area contributed by atoms with Crippen molar-refractivity contribution in [2.75, 3.05) is 45.9 Å². The molecule has 3 rings (SSSR count). The first-order valence-electron chi connectivity index (χ1n) is 8.11. The molecule has 0 spiro atoms. The number of hydrogen-bond acceptors (Lipinski definition) is 6. The van der Waals surface area contributed by atoms with Gasteiger partial charge in [-0.1, -0.05) is 11.6 Å². The first-order chi connectivity index (χ1) is 11.8. The molecule has 0 bridgehead atoms. The van der Waals surface area contributed by atoms with E-state index in [1.165, 1.54) is 0 Å². The summed E-state index contributed by atoms with van der Waals surface area (Å²) < 4.78 is 5.35. The third kappa shape index (κ3) is 4.42. The molecule has 0 aliphatic carbocycles. The molecule has 1 fully saturated rings. The lowest BCUT2D eigenvalue weighted by molar-refractivity contribution is 0.0388. The Morgan fingerprint density at radius 2 is 2.17 bits per heavy atom. The predicted molar refractivity (Wildman–Crippen MR) is 96.8 cm³/mol. The summed E-state index contributed by atoms with van der Waals surface area (Å²) in [6, 6.07) is 5.57. The van der Waals surface area contributed by atoms with Gasteiger partial charge in [-0.3, -0.25) is 9.88 Å². The van der Waals surface area contributed by atoms with E-state index in [4.69, 9.17) is 22.1 Å². The van der Waals surface area contributed by atoms with E-state index >= 15 is 0 Å². The second kappa shape index (κ2) is 8.39. The normalized spacial score (nSPS) is 16.5. The Balaban J connectivity index is 1.64. The average Bonchev–Trinajstić information content (AvgIpc) is 2.62. The third-order valence-electron chi connectivity index (χ3n) is 4.05. The van der Waals surface area contributed by atoms with E-state index in [1.807, 2.05) is 24.5 Å². The molecule has 1 aliphatic heterocycles. The summed E-state index contributed by atoms with van der Waals surface area (Å²) in [7, 11) is 0. The Bertz CT molecular complexity index is 715. The van der Waals surface area contributed by atoms with Crippen LogP contribution >= 0.6 is 11.6 Å². The van der Waals surface area contributed by atoms with Gasteiger partial charge in [0, 0.05) is 50.7 Å². The summed E-state index contributed by atoms with van der Waals surface area (Å²) in [4.78, 5) is 11.1. The Kier molecular flexibility index (Phi) is 5.98. The molecule has 2 aromatic heterocycles. The minimum absolute atomic E-state index is 0.429. The maximum Gasteiger partial charge on any atom is 0.129 e. The van der Waals surface area contributed by atoms with Crippen LogP contribution in [0.1, 0.15) is 5.56 Å². The zero-order valence-corrected chi connectivity index (χ0v) is 14.3. The lowest BCUT2D eigenvalue weighted by atomic mass is 10.1. The molecular formula is C17H22ClN5O. The lowest BCUT2D eigenvalue weighted by Gasteiger charge is -2.26. The molecule has 2 aromatic rings. The Hall–Kier alpha value is -1.73. The van der Waals surface area contributed by atoms with Crippen LogP contribution in [0.15, 0.2) is 30.6 Å². The van der Waals surface area contributed by atoms with Gasteiger partial charge in [0.2, 0.25) is 0 Å². The van der Waals surface area contributed by atoms with Crippen LogP contribution in [-0.4, -0.2) is 60.8 Å². The number of ether oxygens (including phenoxy) is 1. The number of pyridine rings is 2. The van der Waals surface area contributed by atoms with Crippen molar-refractivity contribution in [1.29, 1.82) is 0 Å². The molecule has 3 heterocycles. The molecule has 0 radical (unpaired) electrons. The summed E-state index contributed by atoms with van der Waals surface area (Å²) in [6.07, 6.45) is 3.79. The number of nitrogens with two attached hydrogens (primary N) is 1. The number of halogens is 1. The largest absolute Gasteiger partial charge is 0.389 e. The highest BCUT2D eigenvalue weighted by molar-refractivity contribution is 6.29. The third-order valence-corrected chi connectivity index (χ3v) is 4.26. The average molecular weight is 348 g/mol. The van der Waals surface area contributed by atoms with E-state index in [2.05, 4.69) is 20.2 Å². The van der Waals surface area contributed by atoms with Crippen LogP contribution in [0.5, 0.6) is 0 Å². The van der Waals surface area contributed by atoms with Crippen molar-refractivity contribution < 1.29 is 4.74 Å². The fraction of sp³-hybridized carbons (Fsp3) is 0.412. The molecule has 0 saturated carbocycles. The fourth-order valence-electron chi connectivity index (χ4n) is 2.66. The van der Waals surface area contributed by atoms with Gasteiger partial charge < -0.3 is 15.8 Å². The zero-order chi connectivity index (χ0) is 16.8. The predicted octanol–water partition coefficient (Wildman–Crippen LogP) is 1.50.